The molecule has 1 heterocycles. The second-order valence-electron chi connectivity index (χ2n) is 5.84. The Labute approximate surface area is 157 Å². The van der Waals surface area contributed by atoms with Crippen LogP contribution >= 0.6 is 24.0 Å². The van der Waals surface area contributed by atoms with Crippen molar-refractivity contribution in [3.8, 4) is 0 Å². The van der Waals surface area contributed by atoms with Crippen molar-refractivity contribution < 1.29 is 4.74 Å². The van der Waals surface area contributed by atoms with Crippen molar-refractivity contribution in [3.63, 3.8) is 0 Å². The van der Waals surface area contributed by atoms with E-state index in [1.165, 1.54) is 24.8 Å². The van der Waals surface area contributed by atoms with Gasteiger partial charge >= 0.3 is 0 Å². The minimum Gasteiger partial charge on any atom is -0.381 e. The Bertz CT molecular complexity index is 433. The summed E-state index contributed by atoms with van der Waals surface area (Å²) >= 11 is 0. The number of hydrogen-bond donors (Lipinski definition) is 1. The van der Waals surface area contributed by atoms with Crippen LogP contribution in [0, 0.1) is 0 Å². The van der Waals surface area contributed by atoms with Crippen LogP contribution in [0.2, 0.25) is 0 Å². The Morgan fingerprint density at radius 1 is 1.04 bits per heavy atom. The summed E-state index contributed by atoms with van der Waals surface area (Å²) in [7, 11) is 0. The number of aliphatic imine (C=N–C) groups is 1. The monoisotopic (exact) mass is 431 g/mol. The highest BCUT2D eigenvalue weighted by molar-refractivity contribution is 14.0. The topological polar surface area (TPSA) is 50.9 Å². The van der Waals surface area contributed by atoms with E-state index in [9.17, 15) is 0 Å². The van der Waals surface area contributed by atoms with E-state index in [1.807, 2.05) is 6.07 Å². The normalized spacial score (nSPS) is 15.3. The molecule has 1 saturated heterocycles. The molecule has 0 radical (unpaired) electrons. The van der Waals surface area contributed by atoms with Crippen LogP contribution < -0.4 is 5.73 Å². The van der Waals surface area contributed by atoms with Crippen molar-refractivity contribution in [1.29, 1.82) is 0 Å². The molecule has 0 unspecified atom stereocenters. The molecular formula is C18H30IN3O. The fourth-order valence-corrected chi connectivity index (χ4v) is 2.67. The minimum absolute atomic E-state index is 0. The number of hydrogen-bond acceptors (Lipinski definition) is 2. The SMILES string of the molecule is I.NC(=NCCCCOCCc1ccccc1)N1CCCCC1. The molecule has 0 amide bonds. The lowest BCUT2D eigenvalue weighted by Crippen LogP contribution is -2.40. The van der Waals surface area contributed by atoms with E-state index >= 15 is 0 Å². The first-order valence-electron chi connectivity index (χ1n) is 8.53. The smallest absolute Gasteiger partial charge is 0.191 e. The van der Waals surface area contributed by atoms with E-state index in [2.05, 4.69) is 34.2 Å². The molecule has 0 bridgehead atoms. The highest BCUT2D eigenvalue weighted by Crippen LogP contribution is 2.08. The van der Waals surface area contributed by atoms with E-state index in [0.29, 0.717) is 0 Å². The zero-order valence-corrected chi connectivity index (χ0v) is 16.3. The average Bonchev–Trinajstić information content (AvgIpc) is 2.59. The van der Waals surface area contributed by atoms with Gasteiger partial charge in [-0.05, 0) is 44.1 Å². The average molecular weight is 431 g/mol. The number of ether oxygens (including phenoxy) is 1. The number of halogens is 1. The number of nitrogens with two attached hydrogens (primary N) is 1. The number of likely N-dealkylation sites (tertiary alicyclic amines) is 1. The summed E-state index contributed by atoms with van der Waals surface area (Å²) in [6.07, 6.45) is 6.88. The van der Waals surface area contributed by atoms with Gasteiger partial charge in [-0.15, -0.1) is 24.0 Å². The summed E-state index contributed by atoms with van der Waals surface area (Å²) in [6, 6.07) is 10.5. The molecule has 1 aromatic rings. The molecule has 0 aromatic heterocycles. The molecule has 1 fully saturated rings. The first-order chi connectivity index (χ1) is 10.9. The Morgan fingerprint density at radius 3 is 2.52 bits per heavy atom. The van der Waals surface area contributed by atoms with Gasteiger partial charge in [-0.2, -0.15) is 0 Å². The van der Waals surface area contributed by atoms with Crippen molar-refractivity contribution in [2.45, 2.75) is 38.5 Å². The van der Waals surface area contributed by atoms with Crippen LogP contribution in [0.3, 0.4) is 0 Å². The molecular weight excluding hydrogens is 401 g/mol. The maximum absolute atomic E-state index is 6.02. The number of unbranched alkanes of at least 4 members (excludes halogenated alkanes) is 1. The second kappa shape index (κ2) is 12.6. The van der Waals surface area contributed by atoms with Crippen LogP contribution in [0.25, 0.3) is 0 Å². The summed E-state index contributed by atoms with van der Waals surface area (Å²) in [5.41, 5.74) is 7.35. The molecule has 1 aliphatic rings. The summed E-state index contributed by atoms with van der Waals surface area (Å²) < 4.78 is 5.67. The fraction of sp³-hybridized carbons (Fsp3) is 0.611. The minimum atomic E-state index is 0. The highest BCUT2D eigenvalue weighted by Gasteiger charge is 2.11. The van der Waals surface area contributed by atoms with E-state index in [0.717, 1.165) is 58.1 Å². The maximum Gasteiger partial charge on any atom is 0.191 e. The molecule has 0 saturated carbocycles. The summed E-state index contributed by atoms with van der Waals surface area (Å²) in [5, 5.41) is 0. The zero-order chi connectivity index (χ0) is 15.5. The van der Waals surface area contributed by atoms with Gasteiger partial charge in [0.2, 0.25) is 0 Å². The Kier molecular flexibility index (Phi) is 11.1. The Balaban J connectivity index is 0.00000264. The van der Waals surface area contributed by atoms with Gasteiger partial charge in [0.1, 0.15) is 0 Å². The first kappa shape index (κ1) is 20.2. The Morgan fingerprint density at radius 2 is 1.78 bits per heavy atom. The predicted molar refractivity (Wildman–Crippen MR) is 108 cm³/mol. The summed E-state index contributed by atoms with van der Waals surface area (Å²) in [6.45, 7) is 4.55. The summed E-state index contributed by atoms with van der Waals surface area (Å²) in [4.78, 5) is 6.69. The Hall–Kier alpha value is -0.820. The van der Waals surface area contributed by atoms with Gasteiger partial charge in [-0.25, -0.2) is 0 Å². The molecule has 23 heavy (non-hydrogen) atoms. The van der Waals surface area contributed by atoms with Gasteiger partial charge in [0, 0.05) is 26.2 Å². The quantitative estimate of drug-likeness (QED) is 0.297. The van der Waals surface area contributed by atoms with Gasteiger partial charge in [-0.1, -0.05) is 30.3 Å². The molecule has 130 valence electrons. The van der Waals surface area contributed by atoms with Crippen LogP contribution in [0.4, 0.5) is 0 Å². The molecule has 1 aromatic carbocycles. The molecule has 5 heteroatoms. The predicted octanol–water partition coefficient (Wildman–Crippen LogP) is 3.44. The van der Waals surface area contributed by atoms with Crippen LogP contribution in [-0.2, 0) is 11.2 Å². The van der Waals surface area contributed by atoms with E-state index in [-0.39, 0.29) is 24.0 Å². The molecule has 0 aliphatic carbocycles. The third-order valence-electron chi connectivity index (χ3n) is 4.03. The van der Waals surface area contributed by atoms with Crippen LogP contribution in [0.1, 0.15) is 37.7 Å². The standard InChI is InChI=1S/C18H29N3O.HI/c19-18(21-13-6-2-7-14-21)20-12-5-8-15-22-16-11-17-9-3-1-4-10-17;/h1,3-4,9-10H,2,5-8,11-16H2,(H2,19,20);1H. The van der Waals surface area contributed by atoms with Crippen molar-refractivity contribution >= 4 is 29.9 Å². The third kappa shape index (κ3) is 8.55. The van der Waals surface area contributed by atoms with E-state index < -0.39 is 0 Å². The number of rotatable bonds is 8. The molecule has 0 atom stereocenters. The maximum atomic E-state index is 6.02. The molecule has 2 N–H and O–H groups in total. The zero-order valence-electron chi connectivity index (χ0n) is 14.0. The lowest BCUT2D eigenvalue weighted by atomic mass is 10.1. The largest absolute Gasteiger partial charge is 0.381 e. The van der Waals surface area contributed by atoms with Crippen molar-refractivity contribution in [1.82, 2.24) is 4.90 Å². The lowest BCUT2D eigenvalue weighted by molar-refractivity contribution is 0.134. The number of benzene rings is 1. The van der Waals surface area contributed by atoms with Gasteiger partial charge in [0.05, 0.1) is 6.61 Å². The summed E-state index contributed by atoms with van der Waals surface area (Å²) in [5.74, 6) is 0.727. The van der Waals surface area contributed by atoms with Crippen molar-refractivity contribution in [2.75, 3.05) is 32.8 Å². The van der Waals surface area contributed by atoms with Gasteiger partial charge in [0.25, 0.3) is 0 Å². The van der Waals surface area contributed by atoms with Gasteiger partial charge in [0.15, 0.2) is 5.96 Å². The van der Waals surface area contributed by atoms with Crippen LogP contribution in [0.5, 0.6) is 0 Å². The van der Waals surface area contributed by atoms with Crippen LogP contribution in [-0.4, -0.2) is 43.7 Å². The second-order valence-corrected chi connectivity index (χ2v) is 5.84. The van der Waals surface area contributed by atoms with E-state index in [4.69, 9.17) is 10.5 Å². The molecule has 0 spiro atoms. The van der Waals surface area contributed by atoms with Crippen LogP contribution in [0.15, 0.2) is 35.3 Å². The van der Waals surface area contributed by atoms with E-state index in [1.54, 1.807) is 0 Å². The van der Waals surface area contributed by atoms with Crippen molar-refractivity contribution in [2.24, 2.45) is 10.7 Å². The molecule has 2 rings (SSSR count). The molecule has 4 nitrogen and oxygen atoms in total. The molecule has 1 aliphatic heterocycles. The van der Waals surface area contributed by atoms with Crippen molar-refractivity contribution in [3.05, 3.63) is 35.9 Å². The number of nitrogens with zero attached hydrogens (tertiary/aromatic N) is 2. The number of guanidine groups is 1. The number of piperidine rings is 1. The highest BCUT2D eigenvalue weighted by atomic mass is 127. The first-order valence-corrected chi connectivity index (χ1v) is 8.53. The fourth-order valence-electron chi connectivity index (χ4n) is 2.67. The third-order valence-corrected chi connectivity index (χ3v) is 4.03. The van der Waals surface area contributed by atoms with Gasteiger partial charge < -0.3 is 15.4 Å². The lowest BCUT2D eigenvalue weighted by Gasteiger charge is -2.27. The van der Waals surface area contributed by atoms with Gasteiger partial charge in [-0.3, -0.25) is 4.99 Å².